The first-order chi connectivity index (χ1) is 12.5. The van der Waals surface area contributed by atoms with Gasteiger partial charge in [0.2, 0.25) is 0 Å². The Morgan fingerprint density at radius 3 is 2.42 bits per heavy atom. The summed E-state index contributed by atoms with van der Waals surface area (Å²) in [5.41, 5.74) is 0.599. The van der Waals surface area contributed by atoms with Crippen LogP contribution in [0.1, 0.15) is 45.4 Å². The van der Waals surface area contributed by atoms with Gasteiger partial charge in [0.15, 0.2) is 0 Å². The van der Waals surface area contributed by atoms with Crippen molar-refractivity contribution in [2.45, 2.75) is 51.0 Å². The predicted octanol–water partition coefficient (Wildman–Crippen LogP) is 3.61. The third-order valence-corrected chi connectivity index (χ3v) is 5.22. The molecule has 0 bridgehead atoms. The monoisotopic (exact) mass is 359 g/mol. The van der Waals surface area contributed by atoms with E-state index in [1.54, 1.807) is 32.2 Å². The summed E-state index contributed by atoms with van der Waals surface area (Å²) >= 11 is 0. The molecular weight excluding hydrogens is 334 g/mol. The van der Waals surface area contributed by atoms with Crippen LogP contribution in [0.15, 0.2) is 29.3 Å². The molecule has 1 amide bonds. The molecule has 1 N–H and O–H groups in total. The summed E-state index contributed by atoms with van der Waals surface area (Å²) in [7, 11) is 3.10. The highest BCUT2D eigenvalue weighted by molar-refractivity contribution is 6.13. The van der Waals surface area contributed by atoms with Crippen LogP contribution < -0.4 is 14.8 Å². The van der Waals surface area contributed by atoms with Crippen LogP contribution in [-0.4, -0.2) is 31.7 Å². The minimum Gasteiger partial charge on any atom is -0.497 e. The van der Waals surface area contributed by atoms with Crippen LogP contribution >= 0.6 is 0 Å². The quantitative estimate of drug-likeness (QED) is 0.832. The van der Waals surface area contributed by atoms with Crippen molar-refractivity contribution in [1.82, 2.24) is 0 Å². The van der Waals surface area contributed by atoms with Crippen molar-refractivity contribution >= 4 is 17.6 Å². The highest BCUT2D eigenvalue weighted by Gasteiger charge is 2.49. The molecule has 6 heteroatoms. The Morgan fingerprint density at radius 2 is 1.81 bits per heavy atom. The Balaban J connectivity index is 1.91. The molecule has 0 aromatic heterocycles. The fourth-order valence-electron chi connectivity index (χ4n) is 3.86. The predicted molar refractivity (Wildman–Crippen MR) is 97.4 cm³/mol. The van der Waals surface area contributed by atoms with Crippen LogP contribution in [0.3, 0.4) is 0 Å². The standard InChI is InChI=1S/C20H25NO5/c1-13-17(20(26-19(13)23)10-6-4-5-7-11-20)18(22)21-15-9-8-14(24-2)12-16(15)25-3/h8-9,12H,4-7,10-11H2,1-3H3,(H,21,22). The Labute approximate surface area is 153 Å². The summed E-state index contributed by atoms with van der Waals surface area (Å²) in [6, 6.07) is 5.18. The molecule has 0 atom stereocenters. The molecule has 1 spiro atoms. The molecule has 1 aliphatic carbocycles. The summed E-state index contributed by atoms with van der Waals surface area (Å²) in [5, 5.41) is 2.89. The van der Waals surface area contributed by atoms with Crippen LogP contribution in [0, 0.1) is 0 Å². The smallest absolute Gasteiger partial charge is 0.335 e. The van der Waals surface area contributed by atoms with Gasteiger partial charge in [-0.1, -0.05) is 12.8 Å². The highest BCUT2D eigenvalue weighted by atomic mass is 16.6. The SMILES string of the molecule is COc1ccc(NC(=O)C2=C(C)C(=O)OC23CCCCCC3)c(OC)c1. The van der Waals surface area contributed by atoms with Crippen molar-refractivity contribution in [3.63, 3.8) is 0 Å². The second-order valence-electron chi connectivity index (χ2n) is 6.82. The molecule has 1 aliphatic heterocycles. The van der Waals surface area contributed by atoms with Crippen LogP contribution in [0.5, 0.6) is 11.5 Å². The largest absolute Gasteiger partial charge is 0.497 e. The van der Waals surface area contributed by atoms with Gasteiger partial charge in [-0.25, -0.2) is 4.79 Å². The maximum absolute atomic E-state index is 13.1. The Kier molecular flexibility index (Phi) is 5.20. The van der Waals surface area contributed by atoms with E-state index in [4.69, 9.17) is 14.2 Å². The molecule has 1 heterocycles. The molecule has 1 saturated carbocycles. The number of hydrogen-bond donors (Lipinski definition) is 1. The van der Waals surface area contributed by atoms with Crippen molar-refractivity contribution in [3.05, 3.63) is 29.3 Å². The number of rotatable bonds is 4. The zero-order valence-electron chi connectivity index (χ0n) is 15.5. The highest BCUT2D eigenvalue weighted by Crippen LogP contribution is 2.43. The maximum Gasteiger partial charge on any atom is 0.335 e. The van der Waals surface area contributed by atoms with Gasteiger partial charge < -0.3 is 19.5 Å². The first-order valence-corrected chi connectivity index (χ1v) is 8.99. The van der Waals surface area contributed by atoms with E-state index in [1.165, 1.54) is 7.11 Å². The number of amides is 1. The average Bonchev–Trinajstić information content (AvgIpc) is 2.78. The molecule has 0 radical (unpaired) electrons. The molecule has 1 fully saturated rings. The van der Waals surface area contributed by atoms with Crippen molar-refractivity contribution in [2.24, 2.45) is 0 Å². The lowest BCUT2D eigenvalue weighted by atomic mass is 9.84. The topological polar surface area (TPSA) is 73.9 Å². The second kappa shape index (κ2) is 7.40. The Hall–Kier alpha value is -2.50. The van der Waals surface area contributed by atoms with Crippen molar-refractivity contribution in [3.8, 4) is 11.5 Å². The zero-order valence-corrected chi connectivity index (χ0v) is 15.5. The number of ether oxygens (including phenoxy) is 3. The van der Waals surface area contributed by atoms with E-state index >= 15 is 0 Å². The van der Waals surface area contributed by atoms with E-state index in [1.807, 2.05) is 0 Å². The van der Waals surface area contributed by atoms with E-state index in [0.29, 0.717) is 41.2 Å². The number of anilines is 1. The van der Waals surface area contributed by atoms with Crippen LogP contribution in [0.2, 0.25) is 0 Å². The third kappa shape index (κ3) is 3.28. The van der Waals surface area contributed by atoms with Crippen LogP contribution in [0.4, 0.5) is 5.69 Å². The Bertz CT molecular complexity index is 745. The van der Waals surface area contributed by atoms with Gasteiger partial charge in [0.25, 0.3) is 5.91 Å². The van der Waals surface area contributed by atoms with Gasteiger partial charge >= 0.3 is 5.97 Å². The molecule has 140 valence electrons. The van der Waals surface area contributed by atoms with Gasteiger partial charge in [-0.3, -0.25) is 4.79 Å². The van der Waals surface area contributed by atoms with Gasteiger partial charge in [-0.2, -0.15) is 0 Å². The number of hydrogen-bond acceptors (Lipinski definition) is 5. The molecule has 0 unspecified atom stereocenters. The summed E-state index contributed by atoms with van der Waals surface area (Å²) in [5.74, 6) is 0.434. The minimum atomic E-state index is -0.790. The van der Waals surface area contributed by atoms with Crippen LogP contribution in [-0.2, 0) is 14.3 Å². The molecule has 2 aliphatic rings. The molecule has 6 nitrogen and oxygen atoms in total. The van der Waals surface area contributed by atoms with E-state index in [9.17, 15) is 9.59 Å². The third-order valence-electron chi connectivity index (χ3n) is 5.22. The zero-order chi connectivity index (χ0) is 18.7. The lowest BCUT2D eigenvalue weighted by molar-refractivity contribution is -0.148. The average molecular weight is 359 g/mol. The molecule has 1 aromatic carbocycles. The van der Waals surface area contributed by atoms with Crippen molar-refractivity contribution < 1.29 is 23.8 Å². The number of nitrogens with one attached hydrogen (secondary N) is 1. The van der Waals surface area contributed by atoms with Gasteiger partial charge in [-0.15, -0.1) is 0 Å². The maximum atomic E-state index is 13.1. The molecular formula is C20H25NO5. The van der Waals surface area contributed by atoms with Crippen molar-refractivity contribution in [2.75, 3.05) is 19.5 Å². The fourth-order valence-corrected chi connectivity index (χ4v) is 3.86. The van der Waals surface area contributed by atoms with Gasteiger partial charge in [-0.05, 0) is 44.7 Å². The second-order valence-corrected chi connectivity index (χ2v) is 6.82. The normalized spacial score (nSPS) is 19.1. The van der Waals surface area contributed by atoms with Crippen molar-refractivity contribution in [1.29, 1.82) is 0 Å². The summed E-state index contributed by atoms with van der Waals surface area (Å²) in [6.07, 6.45) is 5.47. The van der Waals surface area contributed by atoms with E-state index in [0.717, 1.165) is 25.7 Å². The number of benzene rings is 1. The first kappa shape index (κ1) is 18.3. The summed E-state index contributed by atoms with van der Waals surface area (Å²) in [4.78, 5) is 25.3. The van der Waals surface area contributed by atoms with Gasteiger partial charge in [0.05, 0.1) is 25.5 Å². The summed E-state index contributed by atoms with van der Waals surface area (Å²) < 4.78 is 16.3. The summed E-state index contributed by atoms with van der Waals surface area (Å²) in [6.45, 7) is 1.67. The van der Waals surface area contributed by atoms with Crippen LogP contribution in [0.25, 0.3) is 0 Å². The molecule has 0 saturated heterocycles. The van der Waals surface area contributed by atoms with E-state index in [2.05, 4.69) is 5.32 Å². The number of carbonyl (C=O) groups is 2. The van der Waals surface area contributed by atoms with Gasteiger partial charge in [0.1, 0.15) is 17.1 Å². The van der Waals surface area contributed by atoms with E-state index in [-0.39, 0.29) is 5.91 Å². The minimum absolute atomic E-state index is 0.307. The van der Waals surface area contributed by atoms with Gasteiger partial charge in [0, 0.05) is 11.6 Å². The number of esters is 1. The van der Waals surface area contributed by atoms with E-state index < -0.39 is 11.6 Å². The fraction of sp³-hybridized carbons (Fsp3) is 0.500. The Morgan fingerprint density at radius 1 is 1.12 bits per heavy atom. The number of carbonyl (C=O) groups excluding carboxylic acids is 2. The lowest BCUT2D eigenvalue weighted by Crippen LogP contribution is -2.36. The molecule has 3 rings (SSSR count). The number of methoxy groups -OCH3 is 2. The first-order valence-electron chi connectivity index (χ1n) is 8.99. The molecule has 26 heavy (non-hydrogen) atoms. The molecule has 1 aromatic rings. The lowest BCUT2D eigenvalue weighted by Gasteiger charge is -2.29.